The molecule has 0 unspecified atom stereocenters. The molecule has 0 aliphatic rings. The molecule has 0 spiro atoms. The van der Waals surface area contributed by atoms with E-state index < -0.39 is 0 Å². The minimum Gasteiger partial charge on any atom is -0.436 e. The summed E-state index contributed by atoms with van der Waals surface area (Å²) in [6.07, 6.45) is 0.402. The zero-order valence-electron chi connectivity index (χ0n) is 11.1. The zero-order chi connectivity index (χ0) is 14.1. The molecule has 4 heteroatoms. The molecule has 0 fully saturated rings. The Hall–Kier alpha value is -2.62. The van der Waals surface area contributed by atoms with E-state index in [1.807, 2.05) is 42.5 Å². The number of nitrogens with zero attached hydrogens (tertiary/aromatic N) is 1. The number of Topliss-reactive ketones (excluding diaryl/α,β-unsaturated/α-hetero) is 1. The number of carbonyl (C=O) groups is 1. The molecule has 1 aromatic heterocycles. The third-order valence-electron chi connectivity index (χ3n) is 3.10. The Bertz CT molecular complexity index is 790. The van der Waals surface area contributed by atoms with Crippen LogP contribution in [0.2, 0.25) is 0 Å². The standard InChI is InChI=1S/C16H14N2O2/c1-10(19)8-11-6-7-14-15(9-11)20-16(18-14)12-4-2-3-5-13(12)17/h2-7,9H,8,17H2,1H3. The van der Waals surface area contributed by atoms with Crippen LogP contribution in [-0.2, 0) is 11.2 Å². The summed E-state index contributed by atoms with van der Waals surface area (Å²) in [5, 5.41) is 0. The predicted octanol–water partition coefficient (Wildman–Crippen LogP) is 3.21. The lowest BCUT2D eigenvalue weighted by Crippen LogP contribution is -1.95. The number of aromatic nitrogens is 1. The molecule has 3 rings (SSSR count). The van der Waals surface area contributed by atoms with E-state index in [0.29, 0.717) is 23.6 Å². The maximum atomic E-state index is 11.2. The first kappa shape index (κ1) is 12.4. The highest BCUT2D eigenvalue weighted by Crippen LogP contribution is 2.28. The number of carbonyl (C=O) groups excluding carboxylic acids is 1. The summed E-state index contributed by atoms with van der Waals surface area (Å²) in [6.45, 7) is 1.57. The van der Waals surface area contributed by atoms with Gasteiger partial charge in [0.2, 0.25) is 5.89 Å². The highest BCUT2D eigenvalue weighted by molar-refractivity contribution is 5.82. The number of benzene rings is 2. The smallest absolute Gasteiger partial charge is 0.229 e. The summed E-state index contributed by atoms with van der Waals surface area (Å²) in [6, 6.07) is 13.0. The van der Waals surface area contributed by atoms with Crippen molar-refractivity contribution in [2.24, 2.45) is 0 Å². The normalized spacial score (nSPS) is 10.8. The quantitative estimate of drug-likeness (QED) is 0.739. The number of hydrogen-bond acceptors (Lipinski definition) is 4. The molecule has 4 nitrogen and oxygen atoms in total. The Morgan fingerprint density at radius 1 is 1.25 bits per heavy atom. The fourth-order valence-electron chi connectivity index (χ4n) is 2.17. The predicted molar refractivity (Wildman–Crippen MR) is 78.2 cm³/mol. The molecule has 0 bridgehead atoms. The second-order valence-electron chi connectivity index (χ2n) is 4.79. The maximum Gasteiger partial charge on any atom is 0.229 e. The van der Waals surface area contributed by atoms with Crippen molar-refractivity contribution >= 4 is 22.6 Å². The van der Waals surface area contributed by atoms with Crippen molar-refractivity contribution in [2.75, 3.05) is 5.73 Å². The fraction of sp³-hybridized carbons (Fsp3) is 0.125. The van der Waals surface area contributed by atoms with Crippen LogP contribution in [0.4, 0.5) is 5.69 Å². The van der Waals surface area contributed by atoms with Gasteiger partial charge in [0, 0.05) is 12.1 Å². The van der Waals surface area contributed by atoms with Crippen molar-refractivity contribution in [3.63, 3.8) is 0 Å². The van der Waals surface area contributed by atoms with Gasteiger partial charge in [-0.2, -0.15) is 0 Å². The lowest BCUT2D eigenvalue weighted by Gasteiger charge is -1.98. The third kappa shape index (κ3) is 2.28. The van der Waals surface area contributed by atoms with Gasteiger partial charge in [-0.15, -0.1) is 0 Å². The van der Waals surface area contributed by atoms with Crippen molar-refractivity contribution < 1.29 is 9.21 Å². The van der Waals surface area contributed by atoms with Crippen LogP contribution in [0.25, 0.3) is 22.6 Å². The van der Waals surface area contributed by atoms with E-state index in [-0.39, 0.29) is 5.78 Å². The maximum absolute atomic E-state index is 11.2. The fourth-order valence-corrected chi connectivity index (χ4v) is 2.17. The average molecular weight is 266 g/mol. The van der Waals surface area contributed by atoms with Gasteiger partial charge in [-0.1, -0.05) is 18.2 Å². The van der Waals surface area contributed by atoms with Crippen LogP contribution in [0.15, 0.2) is 46.9 Å². The monoisotopic (exact) mass is 266 g/mol. The van der Waals surface area contributed by atoms with Gasteiger partial charge in [-0.05, 0) is 36.8 Å². The first-order valence-electron chi connectivity index (χ1n) is 6.37. The Kier molecular flexibility index (Phi) is 2.99. The van der Waals surface area contributed by atoms with E-state index in [0.717, 1.165) is 16.6 Å². The SMILES string of the molecule is CC(=O)Cc1ccc2nc(-c3ccccc3N)oc2c1. The summed E-state index contributed by atoms with van der Waals surface area (Å²) in [5.41, 5.74) is 9.68. The third-order valence-corrected chi connectivity index (χ3v) is 3.10. The number of oxazole rings is 1. The lowest BCUT2D eigenvalue weighted by molar-refractivity contribution is -0.116. The molecule has 0 saturated carbocycles. The van der Waals surface area contributed by atoms with E-state index in [9.17, 15) is 4.79 Å². The van der Waals surface area contributed by atoms with Gasteiger partial charge in [-0.3, -0.25) is 4.79 Å². The Morgan fingerprint density at radius 2 is 2.05 bits per heavy atom. The van der Waals surface area contributed by atoms with Gasteiger partial charge in [-0.25, -0.2) is 4.98 Å². The second-order valence-corrected chi connectivity index (χ2v) is 4.79. The van der Waals surface area contributed by atoms with Crippen LogP contribution in [0.5, 0.6) is 0 Å². The molecule has 0 aliphatic carbocycles. The molecule has 0 atom stereocenters. The number of ketones is 1. The molecule has 100 valence electrons. The van der Waals surface area contributed by atoms with Gasteiger partial charge < -0.3 is 10.2 Å². The summed E-state index contributed by atoms with van der Waals surface area (Å²) in [7, 11) is 0. The van der Waals surface area contributed by atoms with Crippen molar-refractivity contribution in [3.05, 3.63) is 48.0 Å². The van der Waals surface area contributed by atoms with E-state index in [1.54, 1.807) is 6.92 Å². The highest BCUT2D eigenvalue weighted by Gasteiger charge is 2.11. The van der Waals surface area contributed by atoms with Gasteiger partial charge >= 0.3 is 0 Å². The average Bonchev–Trinajstić information content (AvgIpc) is 2.81. The van der Waals surface area contributed by atoms with Crippen LogP contribution in [0, 0.1) is 0 Å². The molecule has 2 aromatic carbocycles. The topological polar surface area (TPSA) is 69.1 Å². The molecule has 0 saturated heterocycles. The molecule has 20 heavy (non-hydrogen) atoms. The first-order chi connectivity index (χ1) is 9.63. The zero-order valence-corrected chi connectivity index (χ0v) is 11.1. The van der Waals surface area contributed by atoms with Crippen LogP contribution < -0.4 is 5.73 Å². The first-order valence-corrected chi connectivity index (χ1v) is 6.37. The summed E-state index contributed by atoms with van der Waals surface area (Å²) in [4.78, 5) is 15.6. The van der Waals surface area contributed by atoms with E-state index >= 15 is 0 Å². The van der Waals surface area contributed by atoms with Gasteiger partial charge in [0.05, 0.1) is 5.56 Å². The Morgan fingerprint density at radius 3 is 2.80 bits per heavy atom. The lowest BCUT2D eigenvalue weighted by atomic mass is 10.1. The van der Waals surface area contributed by atoms with Crippen LogP contribution in [0.1, 0.15) is 12.5 Å². The molecule has 0 aliphatic heterocycles. The van der Waals surface area contributed by atoms with Gasteiger partial charge in [0.25, 0.3) is 0 Å². The molecule has 1 heterocycles. The van der Waals surface area contributed by atoms with Gasteiger partial charge in [0.15, 0.2) is 5.58 Å². The largest absolute Gasteiger partial charge is 0.436 e. The van der Waals surface area contributed by atoms with Crippen molar-refractivity contribution in [1.82, 2.24) is 4.98 Å². The summed E-state index contributed by atoms with van der Waals surface area (Å²) in [5.74, 6) is 0.620. The molecule has 0 amide bonds. The molecular formula is C16H14N2O2. The van der Waals surface area contributed by atoms with E-state index in [4.69, 9.17) is 10.2 Å². The minimum atomic E-state index is 0.122. The van der Waals surface area contributed by atoms with Crippen LogP contribution >= 0.6 is 0 Å². The summed E-state index contributed by atoms with van der Waals surface area (Å²) >= 11 is 0. The Labute approximate surface area is 116 Å². The van der Waals surface area contributed by atoms with E-state index in [1.165, 1.54) is 0 Å². The highest BCUT2D eigenvalue weighted by atomic mass is 16.3. The van der Waals surface area contributed by atoms with Crippen molar-refractivity contribution in [1.29, 1.82) is 0 Å². The number of nitrogens with two attached hydrogens (primary N) is 1. The van der Waals surface area contributed by atoms with E-state index in [2.05, 4.69) is 4.98 Å². The number of para-hydroxylation sites is 1. The molecule has 3 aromatic rings. The van der Waals surface area contributed by atoms with Gasteiger partial charge in [0.1, 0.15) is 11.3 Å². The minimum absolute atomic E-state index is 0.122. The number of hydrogen-bond donors (Lipinski definition) is 1. The van der Waals surface area contributed by atoms with Crippen molar-refractivity contribution in [3.8, 4) is 11.5 Å². The molecule has 0 radical (unpaired) electrons. The van der Waals surface area contributed by atoms with Crippen molar-refractivity contribution in [2.45, 2.75) is 13.3 Å². The number of rotatable bonds is 3. The molecule has 2 N–H and O–H groups in total. The Balaban J connectivity index is 2.07. The van der Waals surface area contributed by atoms with Crippen LogP contribution in [0.3, 0.4) is 0 Å². The number of fused-ring (bicyclic) bond motifs is 1. The number of nitrogen functional groups attached to an aromatic ring is 1. The number of anilines is 1. The molecular weight excluding hydrogens is 252 g/mol. The van der Waals surface area contributed by atoms with Crippen LogP contribution in [-0.4, -0.2) is 10.8 Å². The second kappa shape index (κ2) is 4.81. The summed E-state index contributed by atoms with van der Waals surface area (Å²) < 4.78 is 5.75.